The largest absolute Gasteiger partial charge is 0.465 e. The van der Waals surface area contributed by atoms with Gasteiger partial charge in [-0.15, -0.1) is 0 Å². The zero-order valence-corrected chi connectivity index (χ0v) is 13.0. The molecule has 0 spiro atoms. The van der Waals surface area contributed by atoms with Crippen LogP contribution in [0.3, 0.4) is 0 Å². The van der Waals surface area contributed by atoms with Gasteiger partial charge in [0.1, 0.15) is 6.04 Å². The van der Waals surface area contributed by atoms with Gasteiger partial charge in [0.2, 0.25) is 0 Å². The van der Waals surface area contributed by atoms with Crippen molar-refractivity contribution >= 4 is 12.0 Å². The van der Waals surface area contributed by atoms with Crippen LogP contribution in [0.15, 0.2) is 30.3 Å². The Morgan fingerprint density at radius 2 is 1.71 bits per heavy atom. The van der Waals surface area contributed by atoms with E-state index < -0.39 is 23.6 Å². The molecule has 1 rings (SSSR count). The summed E-state index contributed by atoms with van der Waals surface area (Å²) >= 11 is 0. The molecule has 0 radical (unpaired) electrons. The number of likely N-dealkylation sites (N-methyl/N-ethyl adjacent to an activating group) is 1. The second-order valence-electron chi connectivity index (χ2n) is 5.65. The molecule has 0 aliphatic rings. The molecule has 21 heavy (non-hydrogen) atoms. The summed E-state index contributed by atoms with van der Waals surface area (Å²) in [5, 5.41) is 10.6. The third kappa shape index (κ3) is 3.95. The Hall–Kier alpha value is -2.08. The van der Waals surface area contributed by atoms with Crippen LogP contribution in [0.1, 0.15) is 32.4 Å². The lowest BCUT2D eigenvalue weighted by atomic mass is 9.97. The second kappa shape index (κ2) is 6.58. The zero-order valence-electron chi connectivity index (χ0n) is 13.0. The fourth-order valence-corrected chi connectivity index (χ4v) is 2.08. The molecule has 1 atom stereocenters. The molecule has 116 valence electrons. The monoisotopic (exact) mass is 294 g/mol. The molecule has 2 amide bonds. The quantitative estimate of drug-likeness (QED) is 0.866. The molecule has 0 aliphatic heterocycles. The van der Waals surface area contributed by atoms with Gasteiger partial charge in [0.05, 0.1) is 7.11 Å². The summed E-state index contributed by atoms with van der Waals surface area (Å²) in [6, 6.07) is 7.85. The van der Waals surface area contributed by atoms with Crippen LogP contribution < -0.4 is 0 Å². The van der Waals surface area contributed by atoms with Crippen LogP contribution >= 0.6 is 0 Å². The van der Waals surface area contributed by atoms with Gasteiger partial charge in [0, 0.05) is 12.6 Å². The normalized spacial score (nSPS) is 12.6. The first-order valence-corrected chi connectivity index (χ1v) is 6.59. The fraction of sp³-hybridized carbons (Fsp3) is 0.467. The third-order valence-electron chi connectivity index (χ3n) is 3.12. The molecule has 0 saturated heterocycles. The maximum absolute atomic E-state index is 12.6. The Balaban J connectivity index is 3.37. The predicted molar refractivity (Wildman–Crippen MR) is 78.6 cm³/mol. The third-order valence-corrected chi connectivity index (χ3v) is 3.12. The Morgan fingerprint density at radius 3 is 2.10 bits per heavy atom. The van der Waals surface area contributed by atoms with Gasteiger partial charge in [-0.1, -0.05) is 30.3 Å². The van der Waals surface area contributed by atoms with Crippen LogP contribution in [-0.2, 0) is 9.63 Å². The molecule has 1 N–H and O–H groups in total. The minimum Gasteiger partial charge on any atom is -0.465 e. The fourth-order valence-electron chi connectivity index (χ4n) is 2.08. The van der Waals surface area contributed by atoms with Crippen LogP contribution in [0.4, 0.5) is 4.79 Å². The van der Waals surface area contributed by atoms with Gasteiger partial charge >= 0.3 is 6.09 Å². The molecule has 1 aromatic rings. The van der Waals surface area contributed by atoms with E-state index in [1.54, 1.807) is 45.0 Å². The van der Waals surface area contributed by atoms with E-state index in [0.29, 0.717) is 5.56 Å². The summed E-state index contributed by atoms with van der Waals surface area (Å²) in [6.07, 6.45) is -1.16. The highest BCUT2D eigenvalue weighted by molar-refractivity contribution is 5.86. The van der Waals surface area contributed by atoms with E-state index in [-0.39, 0.29) is 0 Å². The number of rotatable bonds is 4. The Bertz CT molecular complexity index is 496. The van der Waals surface area contributed by atoms with Crippen molar-refractivity contribution in [1.82, 2.24) is 9.96 Å². The topological polar surface area (TPSA) is 70.1 Å². The molecule has 0 bridgehead atoms. The molecule has 6 heteroatoms. The number of hydroxylamine groups is 2. The van der Waals surface area contributed by atoms with E-state index in [2.05, 4.69) is 0 Å². The van der Waals surface area contributed by atoms with E-state index in [9.17, 15) is 14.7 Å². The number of carboxylic acid groups (broad SMARTS) is 1. The molecule has 0 saturated carbocycles. The highest BCUT2D eigenvalue weighted by Gasteiger charge is 2.39. The van der Waals surface area contributed by atoms with Crippen LogP contribution in [0.25, 0.3) is 0 Å². The molecule has 0 heterocycles. The number of hydrogen-bond donors (Lipinski definition) is 1. The van der Waals surface area contributed by atoms with Crippen LogP contribution in [0, 0.1) is 0 Å². The van der Waals surface area contributed by atoms with E-state index in [1.807, 2.05) is 6.07 Å². The summed E-state index contributed by atoms with van der Waals surface area (Å²) in [5.41, 5.74) is -0.139. The Morgan fingerprint density at radius 1 is 1.19 bits per heavy atom. The summed E-state index contributed by atoms with van der Waals surface area (Å²) in [5.74, 6) is -0.443. The van der Waals surface area contributed by atoms with Gasteiger partial charge in [-0.25, -0.2) is 9.86 Å². The van der Waals surface area contributed by atoms with E-state index in [0.717, 1.165) is 9.96 Å². The number of nitrogens with zero attached hydrogens (tertiary/aromatic N) is 2. The second-order valence-corrected chi connectivity index (χ2v) is 5.65. The number of benzene rings is 1. The Labute approximate surface area is 124 Å². The first kappa shape index (κ1) is 17.0. The summed E-state index contributed by atoms with van der Waals surface area (Å²) in [4.78, 5) is 30.3. The number of carbonyl (C=O) groups excluding carboxylic acids is 1. The average molecular weight is 294 g/mol. The molecule has 6 nitrogen and oxygen atoms in total. The predicted octanol–water partition coefficient (Wildman–Crippen LogP) is 2.53. The lowest BCUT2D eigenvalue weighted by Crippen LogP contribution is -2.52. The molecule has 0 aromatic heterocycles. The smallest absolute Gasteiger partial charge is 0.408 e. The number of hydrogen-bond acceptors (Lipinski definition) is 3. The maximum atomic E-state index is 12.6. The van der Waals surface area contributed by atoms with Crippen molar-refractivity contribution in [3.05, 3.63) is 35.9 Å². The first-order chi connectivity index (χ1) is 9.70. The zero-order chi connectivity index (χ0) is 16.2. The number of carbonyl (C=O) groups is 2. The lowest BCUT2D eigenvalue weighted by Gasteiger charge is -2.39. The van der Waals surface area contributed by atoms with E-state index in [1.165, 1.54) is 14.2 Å². The molecule has 1 aromatic carbocycles. The van der Waals surface area contributed by atoms with Gasteiger partial charge in [0.25, 0.3) is 5.91 Å². The van der Waals surface area contributed by atoms with Crippen molar-refractivity contribution in [1.29, 1.82) is 0 Å². The van der Waals surface area contributed by atoms with E-state index >= 15 is 0 Å². The first-order valence-electron chi connectivity index (χ1n) is 6.59. The summed E-state index contributed by atoms with van der Waals surface area (Å²) in [7, 11) is 2.82. The van der Waals surface area contributed by atoms with Gasteiger partial charge in [0.15, 0.2) is 0 Å². The standard InChI is InChI=1S/C15H22N2O4/c1-15(2,3)17(14(19)20)12(13(18)16(4)21-5)11-9-7-6-8-10-11/h6-10,12H,1-5H3,(H,19,20). The van der Waals surface area contributed by atoms with Crippen LogP contribution in [0.5, 0.6) is 0 Å². The van der Waals surface area contributed by atoms with Crippen LogP contribution in [-0.4, -0.2) is 46.8 Å². The van der Waals surface area contributed by atoms with Crippen molar-refractivity contribution in [3.63, 3.8) is 0 Å². The SMILES string of the molecule is CON(C)C(=O)C(c1ccccc1)N(C(=O)O)C(C)(C)C. The minimum atomic E-state index is -1.16. The number of amides is 2. The molecular weight excluding hydrogens is 272 g/mol. The molecule has 0 fully saturated rings. The van der Waals surface area contributed by atoms with Gasteiger partial charge < -0.3 is 5.11 Å². The van der Waals surface area contributed by atoms with Crippen molar-refractivity contribution in [2.24, 2.45) is 0 Å². The van der Waals surface area contributed by atoms with Gasteiger partial charge in [-0.3, -0.25) is 14.5 Å². The maximum Gasteiger partial charge on any atom is 0.408 e. The molecular formula is C15H22N2O4. The average Bonchev–Trinajstić information content (AvgIpc) is 2.42. The van der Waals surface area contributed by atoms with Crippen molar-refractivity contribution in [3.8, 4) is 0 Å². The van der Waals surface area contributed by atoms with Crippen molar-refractivity contribution in [2.75, 3.05) is 14.2 Å². The summed E-state index contributed by atoms with van der Waals surface area (Å²) < 4.78 is 0. The van der Waals surface area contributed by atoms with E-state index in [4.69, 9.17) is 4.84 Å². The lowest BCUT2D eigenvalue weighted by molar-refractivity contribution is -0.176. The minimum absolute atomic E-state index is 0.443. The van der Waals surface area contributed by atoms with Crippen LogP contribution in [0.2, 0.25) is 0 Å². The van der Waals surface area contributed by atoms with Gasteiger partial charge in [-0.2, -0.15) is 0 Å². The Kier molecular flexibility index (Phi) is 5.32. The highest BCUT2D eigenvalue weighted by Crippen LogP contribution is 2.30. The van der Waals surface area contributed by atoms with Crippen molar-refractivity contribution < 1.29 is 19.5 Å². The summed E-state index contributed by atoms with van der Waals surface area (Å²) in [6.45, 7) is 5.24. The molecule has 1 unspecified atom stereocenters. The molecule has 0 aliphatic carbocycles. The van der Waals surface area contributed by atoms with Gasteiger partial charge in [-0.05, 0) is 26.3 Å². The van der Waals surface area contributed by atoms with Crippen molar-refractivity contribution in [2.45, 2.75) is 32.4 Å². The highest BCUT2D eigenvalue weighted by atomic mass is 16.7.